The molecule has 0 saturated heterocycles. The Morgan fingerprint density at radius 1 is 1.14 bits per heavy atom. The standard InChI is InChI=1S/C20H20O2/c1-14-6-5-7-18(12-14)20(21)16(3)8-10-17-13-19(22-4)11-9-15(17)2/h5-13H,3H2,1-2,4H3/b10-8-. The molecule has 0 amide bonds. The summed E-state index contributed by atoms with van der Waals surface area (Å²) >= 11 is 0. The summed E-state index contributed by atoms with van der Waals surface area (Å²) < 4.78 is 5.22. The van der Waals surface area contributed by atoms with E-state index in [1.807, 2.05) is 62.4 Å². The van der Waals surface area contributed by atoms with E-state index in [1.54, 1.807) is 13.2 Å². The van der Waals surface area contributed by atoms with Gasteiger partial charge in [0.15, 0.2) is 5.78 Å². The van der Waals surface area contributed by atoms with E-state index >= 15 is 0 Å². The molecule has 2 heteroatoms. The van der Waals surface area contributed by atoms with Crippen LogP contribution in [0.5, 0.6) is 5.75 Å². The largest absolute Gasteiger partial charge is 0.497 e. The van der Waals surface area contributed by atoms with Gasteiger partial charge in [-0.3, -0.25) is 4.79 Å². The first-order valence-corrected chi connectivity index (χ1v) is 7.14. The molecular formula is C20H20O2. The van der Waals surface area contributed by atoms with Crippen molar-refractivity contribution >= 4 is 11.9 Å². The number of ether oxygens (including phenoxy) is 1. The van der Waals surface area contributed by atoms with Crippen LogP contribution < -0.4 is 4.74 Å². The van der Waals surface area contributed by atoms with Crippen molar-refractivity contribution < 1.29 is 9.53 Å². The number of hydrogen-bond donors (Lipinski definition) is 0. The second-order valence-electron chi connectivity index (χ2n) is 5.28. The maximum absolute atomic E-state index is 12.4. The molecule has 0 aliphatic heterocycles. The van der Waals surface area contributed by atoms with E-state index in [2.05, 4.69) is 6.58 Å². The van der Waals surface area contributed by atoms with Crippen molar-refractivity contribution in [2.75, 3.05) is 7.11 Å². The third-order valence-electron chi connectivity index (χ3n) is 3.52. The van der Waals surface area contributed by atoms with Crippen LogP contribution in [-0.2, 0) is 0 Å². The lowest BCUT2D eigenvalue weighted by Gasteiger charge is -2.05. The van der Waals surface area contributed by atoms with Crippen LogP contribution >= 0.6 is 0 Å². The molecule has 0 spiro atoms. The zero-order valence-corrected chi connectivity index (χ0v) is 13.2. The van der Waals surface area contributed by atoms with Crippen LogP contribution in [0.3, 0.4) is 0 Å². The summed E-state index contributed by atoms with van der Waals surface area (Å²) in [6.07, 6.45) is 3.65. The molecular weight excluding hydrogens is 272 g/mol. The van der Waals surface area contributed by atoms with Crippen molar-refractivity contribution in [1.82, 2.24) is 0 Å². The fourth-order valence-corrected chi connectivity index (χ4v) is 2.16. The highest BCUT2D eigenvalue weighted by molar-refractivity contribution is 6.10. The molecule has 2 rings (SSSR count). The summed E-state index contributed by atoms with van der Waals surface area (Å²) in [6, 6.07) is 13.4. The fraction of sp³-hybridized carbons (Fsp3) is 0.150. The monoisotopic (exact) mass is 292 g/mol. The lowest BCUT2D eigenvalue weighted by atomic mass is 10.0. The molecule has 112 valence electrons. The van der Waals surface area contributed by atoms with Gasteiger partial charge < -0.3 is 4.74 Å². The molecule has 0 aliphatic rings. The predicted molar refractivity (Wildman–Crippen MR) is 91.4 cm³/mol. The first kappa shape index (κ1) is 15.8. The van der Waals surface area contributed by atoms with Gasteiger partial charge in [-0.05, 0) is 43.2 Å². The number of carbonyl (C=O) groups is 1. The van der Waals surface area contributed by atoms with Gasteiger partial charge in [-0.1, -0.05) is 48.6 Å². The number of hydrogen-bond acceptors (Lipinski definition) is 2. The molecule has 0 bridgehead atoms. The SMILES string of the molecule is C=C(/C=C\c1cc(OC)ccc1C)C(=O)c1cccc(C)c1. The summed E-state index contributed by atoms with van der Waals surface area (Å²) in [6.45, 7) is 7.87. The first-order valence-electron chi connectivity index (χ1n) is 7.14. The Morgan fingerprint density at radius 2 is 1.91 bits per heavy atom. The molecule has 0 aromatic heterocycles. The van der Waals surface area contributed by atoms with E-state index in [9.17, 15) is 4.79 Å². The van der Waals surface area contributed by atoms with Crippen LogP contribution in [0, 0.1) is 13.8 Å². The maximum atomic E-state index is 12.4. The van der Waals surface area contributed by atoms with Gasteiger partial charge in [0, 0.05) is 11.1 Å². The van der Waals surface area contributed by atoms with Crippen LogP contribution in [0.1, 0.15) is 27.0 Å². The van der Waals surface area contributed by atoms with Crippen LogP contribution in [-0.4, -0.2) is 12.9 Å². The minimum atomic E-state index is -0.0551. The number of methoxy groups -OCH3 is 1. The van der Waals surface area contributed by atoms with Gasteiger partial charge in [0.1, 0.15) is 5.75 Å². The molecule has 0 heterocycles. The Kier molecular flexibility index (Phi) is 4.95. The fourth-order valence-electron chi connectivity index (χ4n) is 2.16. The third-order valence-corrected chi connectivity index (χ3v) is 3.52. The van der Waals surface area contributed by atoms with E-state index in [1.165, 1.54) is 0 Å². The number of Topliss-reactive ketones (excluding diaryl/α,β-unsaturated/α-hetero) is 1. The Hall–Kier alpha value is -2.61. The first-order chi connectivity index (χ1) is 10.5. The average Bonchev–Trinajstić information content (AvgIpc) is 2.53. The summed E-state index contributed by atoms with van der Waals surface area (Å²) in [7, 11) is 1.64. The summed E-state index contributed by atoms with van der Waals surface area (Å²) in [5, 5.41) is 0. The van der Waals surface area contributed by atoms with Gasteiger partial charge in [0.25, 0.3) is 0 Å². The van der Waals surface area contributed by atoms with Crippen molar-refractivity contribution in [2.45, 2.75) is 13.8 Å². The van der Waals surface area contributed by atoms with Crippen LogP contribution in [0.15, 0.2) is 60.7 Å². The van der Waals surface area contributed by atoms with E-state index < -0.39 is 0 Å². The molecule has 0 saturated carbocycles. The number of allylic oxidation sites excluding steroid dienone is 2. The molecule has 2 aromatic carbocycles. The summed E-state index contributed by atoms with van der Waals surface area (Å²) in [5.74, 6) is 0.737. The van der Waals surface area contributed by atoms with E-state index in [4.69, 9.17) is 4.74 Å². The van der Waals surface area contributed by atoms with Gasteiger partial charge >= 0.3 is 0 Å². The lowest BCUT2D eigenvalue weighted by Crippen LogP contribution is -2.00. The molecule has 0 aliphatic carbocycles. The minimum absolute atomic E-state index is 0.0551. The van der Waals surface area contributed by atoms with Crippen molar-refractivity contribution in [2.24, 2.45) is 0 Å². The highest BCUT2D eigenvalue weighted by atomic mass is 16.5. The topological polar surface area (TPSA) is 26.3 Å². The van der Waals surface area contributed by atoms with Gasteiger partial charge in [-0.2, -0.15) is 0 Å². The van der Waals surface area contributed by atoms with Gasteiger partial charge in [-0.15, -0.1) is 0 Å². The molecule has 2 aromatic rings. The van der Waals surface area contributed by atoms with Crippen LogP contribution in [0.25, 0.3) is 6.08 Å². The maximum Gasteiger partial charge on any atom is 0.192 e. The molecule has 0 unspecified atom stereocenters. The van der Waals surface area contributed by atoms with E-state index in [0.29, 0.717) is 11.1 Å². The third kappa shape index (κ3) is 3.73. The molecule has 22 heavy (non-hydrogen) atoms. The zero-order valence-electron chi connectivity index (χ0n) is 13.2. The summed E-state index contributed by atoms with van der Waals surface area (Å²) in [5.41, 5.74) is 4.32. The second-order valence-corrected chi connectivity index (χ2v) is 5.28. The van der Waals surface area contributed by atoms with Gasteiger partial charge in [0.05, 0.1) is 7.11 Å². The Balaban J connectivity index is 2.19. The van der Waals surface area contributed by atoms with E-state index in [-0.39, 0.29) is 5.78 Å². The van der Waals surface area contributed by atoms with Crippen molar-refractivity contribution in [1.29, 1.82) is 0 Å². The van der Waals surface area contributed by atoms with Crippen LogP contribution in [0.2, 0.25) is 0 Å². The van der Waals surface area contributed by atoms with E-state index in [0.717, 1.165) is 22.4 Å². The van der Waals surface area contributed by atoms with Crippen molar-refractivity contribution in [3.8, 4) is 5.75 Å². The lowest BCUT2D eigenvalue weighted by molar-refractivity contribution is 0.103. The average molecular weight is 292 g/mol. The smallest absolute Gasteiger partial charge is 0.192 e. The number of aryl methyl sites for hydroxylation is 2. The van der Waals surface area contributed by atoms with Gasteiger partial charge in [-0.25, -0.2) is 0 Å². The number of carbonyl (C=O) groups excluding carboxylic acids is 1. The number of rotatable bonds is 5. The highest BCUT2D eigenvalue weighted by Gasteiger charge is 2.08. The number of benzene rings is 2. The zero-order chi connectivity index (χ0) is 16.1. The molecule has 0 radical (unpaired) electrons. The second kappa shape index (κ2) is 6.90. The normalized spacial score (nSPS) is 10.7. The highest BCUT2D eigenvalue weighted by Crippen LogP contribution is 2.19. The molecule has 0 atom stereocenters. The Bertz CT molecular complexity index is 739. The minimum Gasteiger partial charge on any atom is -0.497 e. The van der Waals surface area contributed by atoms with Crippen LogP contribution in [0.4, 0.5) is 0 Å². The quantitative estimate of drug-likeness (QED) is 0.451. The summed E-state index contributed by atoms with van der Waals surface area (Å²) in [4.78, 5) is 12.4. The predicted octanol–water partition coefficient (Wildman–Crippen LogP) is 4.76. The Labute approximate surface area is 131 Å². The molecule has 0 fully saturated rings. The molecule has 2 nitrogen and oxygen atoms in total. The van der Waals surface area contributed by atoms with Crippen molar-refractivity contribution in [3.05, 3.63) is 82.9 Å². The van der Waals surface area contributed by atoms with Crippen molar-refractivity contribution in [3.63, 3.8) is 0 Å². The molecule has 0 N–H and O–H groups in total. The Morgan fingerprint density at radius 3 is 2.59 bits per heavy atom. The number of ketones is 1. The van der Waals surface area contributed by atoms with Gasteiger partial charge in [0.2, 0.25) is 0 Å².